The zero-order valence-corrected chi connectivity index (χ0v) is 12.4. The van der Waals surface area contributed by atoms with Crippen LogP contribution in [0, 0.1) is 6.92 Å². The van der Waals surface area contributed by atoms with Crippen LogP contribution in [0.15, 0.2) is 42.2 Å². The number of amides is 1. The molecule has 0 aliphatic carbocycles. The Bertz CT molecular complexity index is 790. The average Bonchev–Trinajstić information content (AvgIpc) is 3.05. The summed E-state index contributed by atoms with van der Waals surface area (Å²) in [6.45, 7) is 1.80. The molecular formula is C15H11N4O2S. The number of hydrogen-bond acceptors (Lipinski definition) is 6. The molecule has 0 bridgehead atoms. The largest absolute Gasteiger partial charge is 0.455 e. The van der Waals surface area contributed by atoms with E-state index in [1.54, 1.807) is 49.4 Å². The van der Waals surface area contributed by atoms with Crippen LogP contribution in [0.4, 0.5) is 5.82 Å². The van der Waals surface area contributed by atoms with Gasteiger partial charge in [-0.25, -0.2) is 4.98 Å². The van der Waals surface area contributed by atoms with Crippen molar-refractivity contribution in [1.82, 2.24) is 15.0 Å². The molecule has 7 heteroatoms. The third-order valence-corrected chi connectivity index (χ3v) is 3.66. The van der Waals surface area contributed by atoms with Gasteiger partial charge in [0.1, 0.15) is 17.3 Å². The summed E-state index contributed by atoms with van der Waals surface area (Å²) in [4.78, 5) is 23.8. The van der Waals surface area contributed by atoms with Crippen molar-refractivity contribution in [2.24, 2.45) is 0 Å². The van der Waals surface area contributed by atoms with Crippen molar-refractivity contribution in [2.45, 2.75) is 6.92 Å². The number of nitrogens with one attached hydrogen (secondary N) is 1. The molecule has 6 nitrogen and oxygen atoms in total. The normalized spacial score (nSPS) is 10.2. The number of rotatable bonds is 5. The van der Waals surface area contributed by atoms with Crippen LogP contribution in [0.5, 0.6) is 11.5 Å². The maximum atomic E-state index is 10.3. The summed E-state index contributed by atoms with van der Waals surface area (Å²) in [6, 6.07) is 7.01. The summed E-state index contributed by atoms with van der Waals surface area (Å²) in [5.41, 5.74) is 3.23. The number of anilines is 1. The van der Waals surface area contributed by atoms with Crippen LogP contribution >= 0.6 is 11.3 Å². The van der Waals surface area contributed by atoms with Gasteiger partial charge >= 0.3 is 6.41 Å². The SMILES string of the molecule is Cc1nc(N[C]=O)ccc1Oc1ccnc(-c2cncs2)c1. The van der Waals surface area contributed by atoms with Crippen molar-refractivity contribution in [1.29, 1.82) is 0 Å². The summed E-state index contributed by atoms with van der Waals surface area (Å²) in [6.07, 6.45) is 5.04. The third kappa shape index (κ3) is 3.09. The second-order valence-corrected chi connectivity index (χ2v) is 5.24. The van der Waals surface area contributed by atoms with E-state index in [0.29, 0.717) is 23.0 Å². The molecule has 0 saturated carbocycles. The van der Waals surface area contributed by atoms with Gasteiger partial charge in [-0.1, -0.05) is 0 Å². The first kappa shape index (κ1) is 14.2. The number of carbonyl (C=O) groups excluding carboxylic acids is 1. The fourth-order valence-corrected chi connectivity index (χ4v) is 2.45. The Balaban J connectivity index is 1.84. The van der Waals surface area contributed by atoms with E-state index >= 15 is 0 Å². The molecule has 3 aromatic rings. The molecule has 3 heterocycles. The smallest absolute Gasteiger partial charge is 0.315 e. The molecule has 1 amide bonds. The first-order valence-electron chi connectivity index (χ1n) is 6.40. The van der Waals surface area contributed by atoms with E-state index in [2.05, 4.69) is 20.3 Å². The van der Waals surface area contributed by atoms with E-state index in [-0.39, 0.29) is 0 Å². The van der Waals surface area contributed by atoms with Gasteiger partial charge in [-0.2, -0.15) is 0 Å². The van der Waals surface area contributed by atoms with Crippen LogP contribution in [-0.2, 0) is 4.79 Å². The quantitative estimate of drug-likeness (QED) is 0.732. The lowest BCUT2D eigenvalue weighted by Gasteiger charge is -2.09. The van der Waals surface area contributed by atoms with Crippen molar-refractivity contribution in [3.05, 3.63) is 47.9 Å². The van der Waals surface area contributed by atoms with E-state index in [0.717, 1.165) is 10.6 Å². The lowest BCUT2D eigenvalue weighted by atomic mass is 10.3. The fraction of sp³-hybridized carbons (Fsp3) is 0.0667. The Labute approximate surface area is 130 Å². The third-order valence-electron chi connectivity index (χ3n) is 2.86. The van der Waals surface area contributed by atoms with Gasteiger partial charge in [0.25, 0.3) is 0 Å². The zero-order valence-electron chi connectivity index (χ0n) is 11.6. The van der Waals surface area contributed by atoms with Crippen molar-refractivity contribution < 1.29 is 9.53 Å². The van der Waals surface area contributed by atoms with Crippen molar-refractivity contribution >= 4 is 23.6 Å². The molecule has 0 aliphatic rings. The van der Waals surface area contributed by atoms with Gasteiger partial charge in [0.15, 0.2) is 0 Å². The van der Waals surface area contributed by atoms with E-state index in [1.165, 1.54) is 11.3 Å². The van der Waals surface area contributed by atoms with Crippen LogP contribution in [-0.4, -0.2) is 21.4 Å². The predicted octanol–water partition coefficient (Wildman–Crippen LogP) is 3.18. The maximum absolute atomic E-state index is 10.3. The first-order valence-corrected chi connectivity index (χ1v) is 7.28. The molecule has 109 valence electrons. The number of aryl methyl sites for hydroxylation is 1. The van der Waals surface area contributed by atoms with Gasteiger partial charge in [0, 0.05) is 18.5 Å². The molecule has 3 rings (SSSR count). The highest BCUT2D eigenvalue weighted by atomic mass is 32.1. The summed E-state index contributed by atoms with van der Waals surface area (Å²) < 4.78 is 5.84. The minimum atomic E-state index is 0.430. The molecular weight excluding hydrogens is 300 g/mol. The van der Waals surface area contributed by atoms with Crippen molar-refractivity contribution in [3.8, 4) is 22.1 Å². The lowest BCUT2D eigenvalue weighted by Crippen LogP contribution is -1.99. The Morgan fingerprint density at radius 3 is 2.95 bits per heavy atom. The van der Waals surface area contributed by atoms with Crippen molar-refractivity contribution in [3.63, 3.8) is 0 Å². The molecule has 0 fully saturated rings. The molecule has 22 heavy (non-hydrogen) atoms. The number of pyridine rings is 2. The number of aromatic nitrogens is 3. The first-order chi connectivity index (χ1) is 10.8. The van der Waals surface area contributed by atoms with Crippen LogP contribution in [0.3, 0.4) is 0 Å². The fourth-order valence-electron chi connectivity index (χ4n) is 1.86. The summed E-state index contributed by atoms with van der Waals surface area (Å²) >= 11 is 1.52. The highest BCUT2D eigenvalue weighted by molar-refractivity contribution is 7.13. The zero-order chi connectivity index (χ0) is 15.4. The lowest BCUT2D eigenvalue weighted by molar-refractivity contribution is 0.475. The second-order valence-electron chi connectivity index (χ2n) is 4.35. The molecule has 1 radical (unpaired) electrons. The second kappa shape index (κ2) is 6.31. The van der Waals surface area contributed by atoms with Crippen LogP contribution in [0.25, 0.3) is 10.6 Å². The standard InChI is InChI=1S/C15H11N4O2S/c1-10-13(2-3-15(19-10)18-8-20)21-11-4-5-17-12(6-11)14-7-16-9-22-14/h2-7,9H,1H3,(H,18,19,20). The molecule has 0 aromatic carbocycles. The van der Waals surface area contributed by atoms with E-state index < -0.39 is 0 Å². The minimum absolute atomic E-state index is 0.430. The van der Waals surface area contributed by atoms with Crippen molar-refractivity contribution in [2.75, 3.05) is 5.32 Å². The summed E-state index contributed by atoms with van der Waals surface area (Å²) in [5.74, 6) is 1.70. The van der Waals surface area contributed by atoms with Gasteiger partial charge in [0.2, 0.25) is 0 Å². The van der Waals surface area contributed by atoms with Gasteiger partial charge in [-0.05, 0) is 25.1 Å². The van der Waals surface area contributed by atoms with E-state index in [4.69, 9.17) is 4.74 Å². The predicted molar refractivity (Wildman–Crippen MR) is 83.7 cm³/mol. The number of ether oxygens (including phenoxy) is 1. The molecule has 1 N–H and O–H groups in total. The molecule has 0 atom stereocenters. The minimum Gasteiger partial charge on any atom is -0.455 e. The Hall–Kier alpha value is -2.80. The van der Waals surface area contributed by atoms with Gasteiger partial charge in [-0.3, -0.25) is 14.8 Å². The van der Waals surface area contributed by atoms with Crippen LogP contribution < -0.4 is 10.1 Å². The molecule has 3 aromatic heterocycles. The monoisotopic (exact) mass is 311 g/mol. The summed E-state index contributed by atoms with van der Waals surface area (Å²) in [5, 5.41) is 2.38. The molecule has 0 unspecified atom stereocenters. The van der Waals surface area contributed by atoms with Gasteiger partial charge < -0.3 is 10.1 Å². The highest BCUT2D eigenvalue weighted by Gasteiger charge is 2.07. The topological polar surface area (TPSA) is 77.0 Å². The number of nitrogens with zero attached hydrogens (tertiary/aromatic N) is 3. The maximum Gasteiger partial charge on any atom is 0.315 e. The average molecular weight is 311 g/mol. The van der Waals surface area contributed by atoms with E-state index in [9.17, 15) is 4.79 Å². The van der Waals surface area contributed by atoms with Crippen LogP contribution in [0.2, 0.25) is 0 Å². The molecule has 0 spiro atoms. The number of hydrogen-bond donors (Lipinski definition) is 1. The molecule has 0 aliphatic heterocycles. The summed E-state index contributed by atoms with van der Waals surface area (Å²) in [7, 11) is 0. The highest BCUT2D eigenvalue weighted by Crippen LogP contribution is 2.29. The van der Waals surface area contributed by atoms with E-state index in [1.807, 2.05) is 6.07 Å². The van der Waals surface area contributed by atoms with Gasteiger partial charge in [-0.15, -0.1) is 11.3 Å². The van der Waals surface area contributed by atoms with Crippen LogP contribution in [0.1, 0.15) is 5.69 Å². The Morgan fingerprint density at radius 1 is 1.32 bits per heavy atom. The Kier molecular flexibility index (Phi) is 4.06. The number of thiazole rings is 1. The van der Waals surface area contributed by atoms with Gasteiger partial charge in [0.05, 0.1) is 21.8 Å². The Morgan fingerprint density at radius 2 is 2.23 bits per heavy atom. The molecule has 0 saturated heterocycles.